The quantitative estimate of drug-likeness (QED) is 0.679. The van der Waals surface area contributed by atoms with Crippen LogP contribution in [-0.2, 0) is 0 Å². The normalized spacial score (nSPS) is 22.5. The molecule has 0 aromatic heterocycles. The Bertz CT molecular complexity index is 497. The highest BCUT2D eigenvalue weighted by Gasteiger charge is 2.62. The summed E-state index contributed by atoms with van der Waals surface area (Å²) in [5.41, 5.74) is -3.32. The summed E-state index contributed by atoms with van der Waals surface area (Å²) in [6.07, 6.45) is -2.25. The topological polar surface area (TPSA) is 101 Å². The highest BCUT2D eigenvalue weighted by Crippen LogP contribution is 2.51. The predicted octanol–water partition coefficient (Wildman–Crippen LogP) is 2.93. The highest BCUT2D eigenvalue weighted by molar-refractivity contribution is 5.70. The second-order valence-electron chi connectivity index (χ2n) is 9.33. The van der Waals surface area contributed by atoms with E-state index in [4.69, 9.17) is 0 Å². The summed E-state index contributed by atoms with van der Waals surface area (Å²) in [5.74, 6) is 0. The van der Waals surface area contributed by atoms with Crippen LogP contribution >= 0.6 is 0 Å². The van der Waals surface area contributed by atoms with Crippen LogP contribution in [0.2, 0.25) is 0 Å². The molecule has 1 unspecified atom stereocenters. The van der Waals surface area contributed by atoms with Gasteiger partial charge in [0.15, 0.2) is 0 Å². The van der Waals surface area contributed by atoms with Crippen molar-refractivity contribution in [1.82, 2.24) is 9.80 Å². The van der Waals surface area contributed by atoms with E-state index in [9.17, 15) is 24.9 Å². The largest absolute Gasteiger partial charge is 0.465 e. The van der Waals surface area contributed by atoms with Gasteiger partial charge in [-0.3, -0.25) is 9.80 Å². The van der Waals surface area contributed by atoms with Crippen LogP contribution in [0, 0.1) is 10.8 Å². The standard InChI is InChI=1S/C17H32N2O5/c1-14(2,3)17(15(4,5)6)10-18(12(20)21)11(16(7,8)24)9-19(17)13(22)23/h11,24H,9-10H2,1-8H3,(H,20,21)(H,22,23). The highest BCUT2D eigenvalue weighted by atomic mass is 16.4. The summed E-state index contributed by atoms with van der Waals surface area (Å²) in [5, 5.41) is 30.0. The van der Waals surface area contributed by atoms with Crippen molar-refractivity contribution in [3.63, 3.8) is 0 Å². The Labute approximate surface area is 144 Å². The van der Waals surface area contributed by atoms with Gasteiger partial charge in [0.1, 0.15) is 0 Å². The molecule has 0 saturated carbocycles. The van der Waals surface area contributed by atoms with Gasteiger partial charge in [-0.15, -0.1) is 0 Å². The molecule has 1 aliphatic rings. The number of piperazine rings is 1. The number of hydrogen-bond donors (Lipinski definition) is 3. The van der Waals surface area contributed by atoms with Crippen LogP contribution in [0.25, 0.3) is 0 Å². The summed E-state index contributed by atoms with van der Waals surface area (Å²) < 4.78 is 0. The van der Waals surface area contributed by atoms with Crippen LogP contribution in [0.5, 0.6) is 0 Å². The predicted molar refractivity (Wildman–Crippen MR) is 91.2 cm³/mol. The fourth-order valence-electron chi connectivity index (χ4n) is 4.33. The Morgan fingerprint density at radius 2 is 1.33 bits per heavy atom. The van der Waals surface area contributed by atoms with Crippen molar-refractivity contribution in [2.24, 2.45) is 10.8 Å². The molecule has 2 amide bonds. The summed E-state index contributed by atoms with van der Waals surface area (Å²) in [6.45, 7) is 14.5. The lowest BCUT2D eigenvalue weighted by Gasteiger charge is -2.64. The molecule has 140 valence electrons. The lowest BCUT2D eigenvalue weighted by molar-refractivity contribution is -0.152. The van der Waals surface area contributed by atoms with E-state index in [1.807, 2.05) is 41.5 Å². The maximum atomic E-state index is 12.1. The van der Waals surface area contributed by atoms with Crippen molar-refractivity contribution >= 4 is 12.2 Å². The van der Waals surface area contributed by atoms with Crippen molar-refractivity contribution in [3.05, 3.63) is 0 Å². The molecule has 7 nitrogen and oxygen atoms in total. The van der Waals surface area contributed by atoms with Gasteiger partial charge in [-0.1, -0.05) is 41.5 Å². The summed E-state index contributed by atoms with van der Waals surface area (Å²) in [6, 6.07) is -0.830. The third-order valence-electron chi connectivity index (χ3n) is 5.37. The molecule has 1 heterocycles. The molecule has 1 aliphatic heterocycles. The maximum absolute atomic E-state index is 12.1. The first-order chi connectivity index (χ1) is 10.5. The first-order valence-corrected chi connectivity index (χ1v) is 8.19. The van der Waals surface area contributed by atoms with E-state index in [0.717, 1.165) is 0 Å². The average Bonchev–Trinajstić information content (AvgIpc) is 2.32. The number of carboxylic acid groups (broad SMARTS) is 2. The summed E-state index contributed by atoms with van der Waals surface area (Å²) in [7, 11) is 0. The van der Waals surface area contributed by atoms with Crippen LogP contribution < -0.4 is 0 Å². The number of carbonyl (C=O) groups is 2. The third kappa shape index (κ3) is 3.18. The number of nitrogens with zero attached hydrogens (tertiary/aromatic N) is 2. The fraction of sp³-hybridized carbons (Fsp3) is 0.882. The van der Waals surface area contributed by atoms with Gasteiger partial charge < -0.3 is 15.3 Å². The first kappa shape index (κ1) is 20.5. The van der Waals surface area contributed by atoms with Crippen LogP contribution in [0.3, 0.4) is 0 Å². The molecule has 0 aromatic carbocycles. The second-order valence-corrected chi connectivity index (χ2v) is 9.33. The molecular formula is C17H32N2O5. The Hall–Kier alpha value is -1.50. The Morgan fingerprint density at radius 1 is 0.917 bits per heavy atom. The monoisotopic (exact) mass is 344 g/mol. The third-order valence-corrected chi connectivity index (χ3v) is 5.37. The van der Waals surface area contributed by atoms with Crippen LogP contribution in [0.1, 0.15) is 55.4 Å². The summed E-state index contributed by atoms with van der Waals surface area (Å²) >= 11 is 0. The lowest BCUT2D eigenvalue weighted by atomic mass is 9.57. The molecule has 0 bridgehead atoms. The van der Waals surface area contributed by atoms with E-state index in [1.54, 1.807) is 0 Å². The molecule has 24 heavy (non-hydrogen) atoms. The zero-order valence-electron chi connectivity index (χ0n) is 16.0. The molecule has 1 saturated heterocycles. The van der Waals surface area contributed by atoms with Gasteiger partial charge in [-0.25, -0.2) is 9.59 Å². The van der Waals surface area contributed by atoms with Gasteiger partial charge in [0.25, 0.3) is 0 Å². The van der Waals surface area contributed by atoms with Crippen molar-refractivity contribution in [3.8, 4) is 0 Å². The maximum Gasteiger partial charge on any atom is 0.407 e. The zero-order valence-corrected chi connectivity index (χ0v) is 16.0. The van der Waals surface area contributed by atoms with E-state index >= 15 is 0 Å². The second kappa shape index (κ2) is 5.79. The minimum absolute atomic E-state index is 0.0102. The Balaban J connectivity index is 3.65. The SMILES string of the molecule is CC(C)(O)C1CN(C(=O)O)C(C(C)(C)C)(C(C)(C)C)CN1C(=O)O. The van der Waals surface area contributed by atoms with Crippen molar-refractivity contribution < 1.29 is 24.9 Å². The molecule has 3 N–H and O–H groups in total. The van der Waals surface area contributed by atoms with E-state index in [0.29, 0.717) is 0 Å². The van der Waals surface area contributed by atoms with Gasteiger partial charge >= 0.3 is 12.2 Å². The Kier molecular flexibility index (Phi) is 4.96. The molecule has 0 spiro atoms. The van der Waals surface area contributed by atoms with Gasteiger partial charge in [0.2, 0.25) is 0 Å². The zero-order chi connectivity index (χ0) is 19.3. The smallest absolute Gasteiger partial charge is 0.407 e. The molecule has 7 heteroatoms. The van der Waals surface area contributed by atoms with Crippen molar-refractivity contribution in [1.29, 1.82) is 0 Å². The van der Waals surface area contributed by atoms with Gasteiger partial charge in [-0.2, -0.15) is 0 Å². The molecule has 1 rings (SSSR count). The number of aliphatic hydroxyl groups is 1. The van der Waals surface area contributed by atoms with Crippen LogP contribution in [0.15, 0.2) is 0 Å². The van der Waals surface area contributed by atoms with E-state index < -0.39 is 40.2 Å². The minimum Gasteiger partial charge on any atom is -0.465 e. The molecule has 1 fully saturated rings. The lowest BCUT2D eigenvalue weighted by Crippen LogP contribution is -2.78. The number of hydrogen-bond acceptors (Lipinski definition) is 3. The molecule has 0 aromatic rings. The molecule has 0 radical (unpaired) electrons. The van der Waals surface area contributed by atoms with Crippen LogP contribution in [0.4, 0.5) is 9.59 Å². The molecule has 0 aliphatic carbocycles. The Morgan fingerprint density at radius 3 is 1.58 bits per heavy atom. The van der Waals surface area contributed by atoms with Gasteiger partial charge in [0.05, 0.1) is 17.2 Å². The molecule has 1 atom stereocenters. The molecular weight excluding hydrogens is 312 g/mol. The van der Waals surface area contributed by atoms with Crippen molar-refractivity contribution in [2.75, 3.05) is 13.1 Å². The number of rotatable bonds is 1. The summed E-state index contributed by atoms with van der Waals surface area (Å²) in [4.78, 5) is 26.5. The van der Waals surface area contributed by atoms with Gasteiger partial charge in [0, 0.05) is 13.1 Å². The first-order valence-electron chi connectivity index (χ1n) is 8.19. The fourth-order valence-corrected chi connectivity index (χ4v) is 4.33. The van der Waals surface area contributed by atoms with Crippen LogP contribution in [-0.4, -0.2) is 67.6 Å². The van der Waals surface area contributed by atoms with E-state index in [-0.39, 0.29) is 13.1 Å². The van der Waals surface area contributed by atoms with Crippen molar-refractivity contribution in [2.45, 2.75) is 72.6 Å². The van der Waals surface area contributed by atoms with Gasteiger partial charge in [-0.05, 0) is 24.7 Å². The minimum atomic E-state index is -1.35. The van der Waals surface area contributed by atoms with E-state index in [2.05, 4.69) is 0 Å². The number of amides is 2. The van der Waals surface area contributed by atoms with E-state index in [1.165, 1.54) is 23.6 Å². The average molecular weight is 344 g/mol.